The molecular weight excluding hydrogens is 548 g/mol. The lowest BCUT2D eigenvalue weighted by atomic mass is 9.73. The Kier molecular flexibility index (Phi) is 8.37. The van der Waals surface area contributed by atoms with Crippen LogP contribution in [0.4, 0.5) is 8.78 Å². The van der Waals surface area contributed by atoms with Crippen LogP contribution >= 0.6 is 11.6 Å². The molecule has 1 aliphatic carbocycles. The second kappa shape index (κ2) is 11.4. The first-order chi connectivity index (χ1) is 18.1. The van der Waals surface area contributed by atoms with Crippen LogP contribution in [0, 0.1) is 5.92 Å². The van der Waals surface area contributed by atoms with Crippen LogP contribution in [0.2, 0.25) is 5.02 Å². The molecule has 0 radical (unpaired) electrons. The summed E-state index contributed by atoms with van der Waals surface area (Å²) in [5.74, 6) is -1.96. The lowest BCUT2D eigenvalue weighted by Crippen LogP contribution is -2.33. The Morgan fingerprint density at radius 1 is 1.05 bits per heavy atom. The molecule has 0 aliphatic heterocycles. The fourth-order valence-electron chi connectivity index (χ4n) is 4.37. The third-order valence-corrected chi connectivity index (χ3v) is 8.81. The monoisotopic (exact) mass is 573 g/mol. The summed E-state index contributed by atoms with van der Waals surface area (Å²) in [4.78, 5) is 16.3. The molecule has 0 spiro atoms. The quantitative estimate of drug-likeness (QED) is 0.334. The molecule has 0 saturated heterocycles. The highest BCUT2D eigenvalue weighted by Gasteiger charge is 2.43. The molecule has 4 atom stereocenters. The second-order valence-electron chi connectivity index (χ2n) is 8.66. The fourth-order valence-corrected chi connectivity index (χ4v) is 5.89. The Balaban J connectivity index is 1.79. The molecule has 38 heavy (non-hydrogen) atoms. The van der Waals surface area contributed by atoms with E-state index in [1.54, 1.807) is 0 Å². The van der Waals surface area contributed by atoms with Crippen molar-refractivity contribution in [3.8, 4) is 17.4 Å². The van der Waals surface area contributed by atoms with Crippen LogP contribution in [0.15, 0.2) is 18.7 Å². The van der Waals surface area contributed by atoms with E-state index in [2.05, 4.69) is 30.1 Å². The smallest absolute Gasteiger partial charge is 0.245 e. The van der Waals surface area contributed by atoms with E-state index >= 15 is 0 Å². The maximum absolute atomic E-state index is 13.7. The topological polar surface area (TPSA) is 144 Å². The molecule has 3 aromatic heterocycles. The average Bonchev–Trinajstić information content (AvgIpc) is 3.25. The van der Waals surface area contributed by atoms with E-state index in [0.29, 0.717) is 12.8 Å². The maximum atomic E-state index is 13.7. The number of sulfone groups is 1. The second-order valence-corrected chi connectivity index (χ2v) is 11.5. The summed E-state index contributed by atoms with van der Waals surface area (Å²) in [7, 11) is 0.0363. The van der Waals surface area contributed by atoms with Gasteiger partial charge < -0.3 is 14.2 Å². The van der Waals surface area contributed by atoms with Gasteiger partial charge in [-0.05, 0) is 19.8 Å². The summed E-state index contributed by atoms with van der Waals surface area (Å²) in [6.45, 7) is 1.45. The van der Waals surface area contributed by atoms with Crippen molar-refractivity contribution in [2.75, 3.05) is 21.3 Å². The van der Waals surface area contributed by atoms with Crippen molar-refractivity contribution in [3.63, 3.8) is 0 Å². The Hall–Kier alpha value is -3.04. The molecule has 1 aliphatic rings. The van der Waals surface area contributed by atoms with Gasteiger partial charge in [-0.15, -0.1) is 10.2 Å². The maximum Gasteiger partial charge on any atom is 0.245 e. The van der Waals surface area contributed by atoms with E-state index in [9.17, 15) is 17.2 Å². The molecule has 0 bridgehead atoms. The molecule has 3 heterocycles. The molecule has 3 aromatic rings. The highest BCUT2D eigenvalue weighted by Crippen LogP contribution is 2.47. The fraction of sp³-hybridized carbons (Fsp3) is 0.545. The Morgan fingerprint density at radius 3 is 2.18 bits per heavy atom. The summed E-state index contributed by atoms with van der Waals surface area (Å²) in [6, 6.07) is 0. The molecule has 12 nitrogen and oxygen atoms in total. The van der Waals surface area contributed by atoms with Gasteiger partial charge in [0.15, 0.2) is 27.2 Å². The zero-order valence-corrected chi connectivity index (χ0v) is 22.5. The number of hydrogen-bond acceptors (Lipinski definition) is 11. The molecule has 0 amide bonds. The number of alkyl halides is 2. The minimum absolute atomic E-state index is 0.0295. The third kappa shape index (κ3) is 5.27. The van der Waals surface area contributed by atoms with Gasteiger partial charge in [0.05, 0.1) is 24.5 Å². The first kappa shape index (κ1) is 28.0. The number of ether oxygens (including phenoxy) is 3. The summed E-state index contributed by atoms with van der Waals surface area (Å²) in [5.41, 5.74) is 0.111. The van der Waals surface area contributed by atoms with E-state index in [1.165, 1.54) is 51.5 Å². The van der Waals surface area contributed by atoms with Crippen molar-refractivity contribution < 1.29 is 31.4 Å². The molecule has 206 valence electrons. The zero-order chi connectivity index (χ0) is 27.6. The first-order valence-corrected chi connectivity index (χ1v) is 13.6. The van der Waals surface area contributed by atoms with E-state index in [4.69, 9.17) is 25.8 Å². The van der Waals surface area contributed by atoms with Crippen LogP contribution in [0.1, 0.15) is 49.3 Å². The largest absolute Gasteiger partial charge is 0.479 e. The van der Waals surface area contributed by atoms with Gasteiger partial charge in [0.25, 0.3) is 0 Å². The Labute approximate surface area is 222 Å². The summed E-state index contributed by atoms with van der Waals surface area (Å²) >= 11 is 5.86. The van der Waals surface area contributed by atoms with Gasteiger partial charge in [-0.25, -0.2) is 27.2 Å². The predicted molar refractivity (Wildman–Crippen MR) is 130 cm³/mol. The normalized spacial score (nSPS) is 19.2. The molecule has 0 N–H and O–H groups in total. The van der Waals surface area contributed by atoms with Crippen molar-refractivity contribution in [3.05, 3.63) is 41.2 Å². The minimum atomic E-state index is -4.02. The molecule has 4 rings (SSSR count). The molecule has 0 aromatic carbocycles. The Morgan fingerprint density at radius 2 is 1.68 bits per heavy atom. The zero-order valence-electron chi connectivity index (χ0n) is 21.0. The Bertz CT molecular complexity index is 1350. The van der Waals surface area contributed by atoms with Crippen LogP contribution < -0.4 is 9.47 Å². The first-order valence-electron chi connectivity index (χ1n) is 11.5. The predicted octanol–water partition coefficient (Wildman–Crippen LogP) is 2.97. The lowest BCUT2D eigenvalue weighted by molar-refractivity contribution is 0.0138. The number of methoxy groups -OCH3 is 3. The van der Waals surface area contributed by atoms with Crippen LogP contribution in [-0.4, -0.2) is 76.1 Å². The van der Waals surface area contributed by atoms with E-state index < -0.39 is 45.2 Å². The minimum Gasteiger partial charge on any atom is -0.479 e. The van der Waals surface area contributed by atoms with Gasteiger partial charge in [-0.3, -0.25) is 4.57 Å². The van der Waals surface area contributed by atoms with Gasteiger partial charge in [0.1, 0.15) is 24.0 Å². The van der Waals surface area contributed by atoms with Crippen LogP contribution in [-0.2, 0) is 20.3 Å². The van der Waals surface area contributed by atoms with Crippen LogP contribution in [0.5, 0.6) is 11.8 Å². The highest BCUT2D eigenvalue weighted by atomic mass is 35.5. The molecule has 0 unspecified atom stereocenters. The van der Waals surface area contributed by atoms with Crippen LogP contribution in [0.3, 0.4) is 0 Å². The van der Waals surface area contributed by atoms with Crippen LogP contribution in [0.25, 0.3) is 5.69 Å². The number of aromatic nitrogens is 7. The SMILES string of the molecule is COc1ncnc(OC)c1-n1c(CS(=O)(=O)[C@@H](C)[C@H](OC)c2ncc(Cl)cn2)nnc1[C@H]1CC[C@@H]1C(F)F. The summed E-state index contributed by atoms with van der Waals surface area (Å²) < 4.78 is 72.1. The highest BCUT2D eigenvalue weighted by molar-refractivity contribution is 7.91. The standard InChI is InChI=1S/C22H26ClF2N7O5S/c1-11(17(35-2)19-26-7-12(23)8-27-19)38(33,34)9-15-30-31-20(14-6-5-13(14)18(24)25)32(15)16-21(36-3)28-10-29-22(16)37-4/h7-8,10-11,13-14,17-18H,5-6,9H2,1-4H3/t11-,13-,14-,17-/m0/s1. The van der Waals surface area contributed by atoms with Gasteiger partial charge in [0, 0.05) is 31.3 Å². The van der Waals surface area contributed by atoms with Crippen molar-refractivity contribution >= 4 is 21.4 Å². The van der Waals surface area contributed by atoms with Crippen molar-refractivity contribution in [1.29, 1.82) is 0 Å². The molecule has 1 saturated carbocycles. The van der Waals surface area contributed by atoms with Gasteiger partial charge in [-0.2, -0.15) is 9.97 Å². The van der Waals surface area contributed by atoms with Crippen molar-refractivity contribution in [2.24, 2.45) is 5.92 Å². The number of hydrogen-bond donors (Lipinski definition) is 0. The average molecular weight is 574 g/mol. The third-order valence-electron chi connectivity index (χ3n) is 6.58. The van der Waals surface area contributed by atoms with Crippen molar-refractivity contribution in [2.45, 2.75) is 49.2 Å². The van der Waals surface area contributed by atoms with Gasteiger partial charge in [0.2, 0.25) is 18.2 Å². The number of rotatable bonds is 11. The molecule has 16 heteroatoms. The van der Waals surface area contributed by atoms with Crippen molar-refractivity contribution in [1.82, 2.24) is 34.7 Å². The molecule has 1 fully saturated rings. The van der Waals surface area contributed by atoms with Gasteiger partial charge >= 0.3 is 0 Å². The number of halogens is 3. The number of nitrogens with zero attached hydrogens (tertiary/aromatic N) is 7. The van der Waals surface area contributed by atoms with E-state index in [0.717, 1.165) is 0 Å². The molecular formula is C22H26ClF2N7O5S. The summed E-state index contributed by atoms with van der Waals surface area (Å²) in [5, 5.41) is 7.42. The summed E-state index contributed by atoms with van der Waals surface area (Å²) in [6.07, 6.45) is 0.999. The van der Waals surface area contributed by atoms with E-state index in [-0.39, 0.29) is 39.9 Å². The lowest BCUT2D eigenvalue weighted by Gasteiger charge is -2.35. The van der Waals surface area contributed by atoms with Gasteiger partial charge in [-0.1, -0.05) is 11.6 Å². The van der Waals surface area contributed by atoms with E-state index in [1.807, 2.05) is 0 Å².